The molecule has 18 N–H and O–H groups in total. The van der Waals surface area contributed by atoms with Gasteiger partial charge in [-0.25, -0.2) is 28.8 Å². The number of ether oxygens (including phenoxy) is 4. The van der Waals surface area contributed by atoms with E-state index in [0.717, 1.165) is 0 Å². The molecule has 6 heterocycles. The second-order valence-corrected chi connectivity index (χ2v) is 17.6. The Labute approximate surface area is 424 Å². The van der Waals surface area contributed by atoms with Gasteiger partial charge in [-0.1, -0.05) is 0 Å². The van der Waals surface area contributed by atoms with E-state index in [4.69, 9.17) is 27.8 Å². The topological polar surface area (TPSA) is 530 Å². The third-order valence-electron chi connectivity index (χ3n) is 13.4. The highest BCUT2D eigenvalue weighted by Gasteiger charge is 2.53. The number of aliphatic hydroxyl groups excluding tert-OH is 2. The van der Waals surface area contributed by atoms with Crippen molar-refractivity contribution in [1.29, 1.82) is 0 Å². The first-order chi connectivity index (χ1) is 36.7. The maximum atomic E-state index is 15.0. The normalized spacial score (nSPS) is 19.1. The second-order valence-electron chi connectivity index (χ2n) is 17.6. The Morgan fingerprint density at radius 1 is 0.346 bits per heavy atom. The number of cyclic esters (lactones) is 2. The Balaban J connectivity index is 1.24. The van der Waals surface area contributed by atoms with Gasteiger partial charge in [0, 0.05) is 49.7 Å². The predicted molar refractivity (Wildman–Crippen MR) is 245 cm³/mol. The smallest absolute Gasteiger partial charge is 0.345 e. The van der Waals surface area contributed by atoms with Crippen LogP contribution in [0.1, 0.15) is 53.1 Å². The van der Waals surface area contributed by atoms with Gasteiger partial charge in [-0.2, -0.15) is 0 Å². The van der Waals surface area contributed by atoms with Gasteiger partial charge in [0.05, 0.1) is 33.0 Å². The van der Waals surface area contributed by atoms with Gasteiger partial charge in [0.25, 0.3) is 0 Å². The Hall–Kier alpha value is -11.1. The van der Waals surface area contributed by atoms with Crippen molar-refractivity contribution in [3.05, 3.63) is 66.9 Å². The molecule has 30 heteroatoms. The first-order valence-electron chi connectivity index (χ1n) is 21.7. The fourth-order valence-electron chi connectivity index (χ4n) is 9.96. The molecule has 0 fully saturated rings. The van der Waals surface area contributed by atoms with Gasteiger partial charge in [0.1, 0.15) is 18.8 Å². The minimum Gasteiger partial charge on any atom is -0.504 e. The summed E-state index contributed by atoms with van der Waals surface area (Å²) in [7, 11) is 0. The van der Waals surface area contributed by atoms with Crippen molar-refractivity contribution in [2.75, 3.05) is 6.61 Å². The number of carbonyl (C=O) groups excluding carboxylic acids is 4. The maximum Gasteiger partial charge on any atom is 0.345 e. The Bertz CT molecular complexity index is 4280. The summed E-state index contributed by atoms with van der Waals surface area (Å²) in [6, 6.07) is 0.884. The van der Waals surface area contributed by atoms with Crippen LogP contribution >= 0.6 is 0 Å². The van der Waals surface area contributed by atoms with Gasteiger partial charge in [-0.05, 0) is 18.2 Å². The lowest BCUT2D eigenvalue weighted by Crippen LogP contribution is -2.55. The van der Waals surface area contributed by atoms with Crippen LogP contribution in [-0.2, 0) is 18.9 Å². The lowest BCUT2D eigenvalue weighted by atomic mass is 9.82. The van der Waals surface area contributed by atoms with Gasteiger partial charge in [-0.3, -0.25) is 0 Å². The van der Waals surface area contributed by atoms with Gasteiger partial charge >= 0.3 is 35.1 Å². The molecule has 10 bridgehead atoms. The minimum absolute atomic E-state index is 0.231. The van der Waals surface area contributed by atoms with E-state index in [0.29, 0.717) is 12.1 Å². The molecule has 78 heavy (non-hydrogen) atoms. The summed E-state index contributed by atoms with van der Waals surface area (Å²) in [6.45, 7) is -1.68. The summed E-state index contributed by atoms with van der Waals surface area (Å²) in [5, 5.41) is 198. The van der Waals surface area contributed by atoms with Crippen LogP contribution in [-0.4, -0.2) is 147 Å². The third kappa shape index (κ3) is 6.24. The van der Waals surface area contributed by atoms with E-state index >= 15 is 0 Å². The minimum atomic E-state index is -2.97. The number of aliphatic hydroxyl groups is 2. The zero-order chi connectivity index (χ0) is 56.5. The van der Waals surface area contributed by atoms with E-state index in [2.05, 4.69) is 0 Å². The van der Waals surface area contributed by atoms with Crippen molar-refractivity contribution >= 4 is 56.6 Å². The van der Waals surface area contributed by atoms with Crippen LogP contribution in [0.3, 0.4) is 0 Å². The molecular weight excluding hydrogens is 1060 g/mol. The number of fused-ring (bicyclic) bond motifs is 7. The molecule has 0 saturated carbocycles. The second kappa shape index (κ2) is 16.2. The molecular formula is C48H28O30. The van der Waals surface area contributed by atoms with Crippen LogP contribution in [0.2, 0.25) is 0 Å². The monoisotopic (exact) mass is 1080 g/mol. The lowest BCUT2D eigenvalue weighted by molar-refractivity contribution is -0.153. The van der Waals surface area contributed by atoms with E-state index in [9.17, 15) is 121 Å². The highest BCUT2D eigenvalue weighted by molar-refractivity contribution is 6.29. The molecule has 30 nitrogen and oxygen atoms in total. The van der Waals surface area contributed by atoms with Gasteiger partial charge in [0.2, 0.25) is 34.5 Å². The molecule has 0 unspecified atom stereocenters. The average Bonchev–Trinajstić information content (AvgIpc) is 3.06. The molecule has 8 aromatic rings. The van der Waals surface area contributed by atoms with Gasteiger partial charge in [-0.15, -0.1) is 0 Å². The molecule has 4 aliphatic heterocycles. The number of hydrogen-bond acceptors (Lipinski definition) is 30. The van der Waals surface area contributed by atoms with Crippen molar-refractivity contribution in [1.82, 2.24) is 0 Å². The first kappa shape index (κ1) is 49.1. The molecule has 5 atom stereocenters. The van der Waals surface area contributed by atoms with Crippen LogP contribution in [0.15, 0.2) is 36.6 Å². The van der Waals surface area contributed by atoms with Crippen LogP contribution in [0.4, 0.5) is 0 Å². The molecule has 0 radical (unpaired) electrons. The Morgan fingerprint density at radius 3 is 1.17 bits per heavy atom. The number of phenols is 16. The lowest BCUT2D eigenvalue weighted by Gasteiger charge is -2.40. The van der Waals surface area contributed by atoms with Gasteiger partial charge in [0.15, 0.2) is 87.0 Å². The van der Waals surface area contributed by atoms with E-state index in [1.54, 1.807) is 0 Å². The Kier molecular flexibility index (Phi) is 10.2. The van der Waals surface area contributed by atoms with Crippen LogP contribution in [0.5, 0.6) is 92.0 Å². The summed E-state index contributed by atoms with van der Waals surface area (Å²) in [5.41, 5.74) is -19.6. The molecule has 4 aliphatic rings. The summed E-state index contributed by atoms with van der Waals surface area (Å²) in [6.07, 6.45) is -14.2. The van der Waals surface area contributed by atoms with E-state index < -0.39 is 258 Å². The van der Waals surface area contributed by atoms with Crippen molar-refractivity contribution in [2.45, 2.75) is 30.5 Å². The number of phenolic OH excluding ortho intramolecular Hbond substituents is 16. The zero-order valence-electron chi connectivity index (χ0n) is 37.8. The summed E-state index contributed by atoms with van der Waals surface area (Å²) in [5.74, 6) is -32.3. The predicted octanol–water partition coefficient (Wildman–Crippen LogP) is 1.65. The third-order valence-corrected chi connectivity index (χ3v) is 13.4. The van der Waals surface area contributed by atoms with Crippen LogP contribution in [0, 0.1) is 0 Å². The van der Waals surface area contributed by atoms with Crippen LogP contribution in [0.25, 0.3) is 66.1 Å². The number of rotatable bonds is 1. The fraction of sp³-hybridized carbons (Fsp3) is 0.125. The standard InChI is InChI=1S/C48H28O30/c49-8-1-5-12(27(56)24(8)53)15-20-18-19-21(47(71)76-39(18)36(65)31(15)60)16(32(61)37(66)40(19)75-46(20)70)13-6(2-9(50)25(54)28(13)57)44(68)74-38(11(52)4-73-43(5)67)42-41-34(63)23-22(48(72)77-41)17(30(59)35(64)33(23)62)14-7(45(69)78-42)3-10(51)26(55)29(14)58/h1-3,11,34,38,41-42,49-66H,4H2/t11-,34-,38+,41+,42+/m0/s1. The molecule has 0 saturated heterocycles. The van der Waals surface area contributed by atoms with Crippen molar-refractivity contribution in [3.63, 3.8) is 0 Å². The van der Waals surface area contributed by atoms with Crippen LogP contribution < -0.4 is 11.3 Å². The number of esters is 4. The van der Waals surface area contributed by atoms with Gasteiger partial charge < -0.3 is 120 Å². The van der Waals surface area contributed by atoms with Crippen molar-refractivity contribution < 1.29 is 139 Å². The number of benzene rings is 6. The fourth-order valence-corrected chi connectivity index (χ4v) is 9.96. The largest absolute Gasteiger partial charge is 0.504 e. The quantitative estimate of drug-likeness (QED) is 0.0365. The maximum absolute atomic E-state index is 15.0. The van der Waals surface area contributed by atoms with E-state index in [1.807, 2.05) is 0 Å². The summed E-state index contributed by atoms with van der Waals surface area (Å²) >= 11 is 0. The summed E-state index contributed by atoms with van der Waals surface area (Å²) < 4.78 is 32.5. The average molecular weight is 1080 g/mol. The van der Waals surface area contributed by atoms with Crippen molar-refractivity contribution in [3.8, 4) is 125 Å². The van der Waals surface area contributed by atoms with E-state index in [-0.39, 0.29) is 6.07 Å². The molecule has 0 aliphatic carbocycles. The highest BCUT2D eigenvalue weighted by atomic mass is 16.6. The van der Waals surface area contributed by atoms with Crippen molar-refractivity contribution in [2.24, 2.45) is 0 Å². The molecule has 0 spiro atoms. The summed E-state index contributed by atoms with van der Waals surface area (Å²) in [4.78, 5) is 86.4. The highest BCUT2D eigenvalue weighted by Crippen LogP contribution is 2.60. The zero-order valence-corrected chi connectivity index (χ0v) is 37.8. The molecule has 400 valence electrons. The Morgan fingerprint density at radius 2 is 0.718 bits per heavy atom. The molecule has 2 aromatic heterocycles. The number of carbonyl (C=O) groups is 4. The molecule has 6 aromatic carbocycles. The SMILES string of the molecule is O=C1O[C@H]([C@@H]2OC(=O)c3cc(O)c(O)c(O)c3-c3c(O)c(O)c4oc(=O)c5c(c(O)c(O)c6oc(=O)c3c4c65)-c3c(cc(O)c(O)c3O)C(=O)OC[C@@H]2O)[C@@H]2OC(=O)c3c(c(O)c(O)c(O)c3[C@@H]2O)-c2c1cc(O)c(O)c2O. The first-order valence-corrected chi connectivity index (χ1v) is 21.7. The number of hydrogen-bond donors (Lipinski definition) is 18. The molecule has 0 amide bonds. The molecule has 12 rings (SSSR count). The number of aromatic hydroxyl groups is 16. The van der Waals surface area contributed by atoms with E-state index in [1.165, 1.54) is 0 Å².